The van der Waals surface area contributed by atoms with Gasteiger partial charge >= 0.3 is 0 Å². The average molecular weight is 508 g/mol. The van der Waals surface area contributed by atoms with Crippen molar-refractivity contribution in [3.05, 3.63) is 0 Å². The largest absolute Gasteiger partial charge is 0.378 e. The average Bonchev–Trinajstić information content (AvgIpc) is 3.26. The van der Waals surface area contributed by atoms with Crippen LogP contribution >= 0.6 is 24.0 Å². The van der Waals surface area contributed by atoms with E-state index in [9.17, 15) is 4.79 Å². The zero-order chi connectivity index (χ0) is 18.9. The van der Waals surface area contributed by atoms with E-state index in [1.165, 1.54) is 32.1 Å². The molecule has 1 amide bonds. The first-order valence-corrected chi connectivity index (χ1v) is 10.8. The van der Waals surface area contributed by atoms with E-state index in [1.54, 1.807) is 0 Å². The second-order valence-electron chi connectivity index (χ2n) is 7.77. The molecule has 0 bridgehead atoms. The van der Waals surface area contributed by atoms with E-state index in [0.717, 1.165) is 71.2 Å². The summed E-state index contributed by atoms with van der Waals surface area (Å²) in [5.41, 5.74) is 0. The van der Waals surface area contributed by atoms with E-state index < -0.39 is 0 Å². The SMILES string of the molecule is CN=C(NCCCOC1CCCCC1)N1CCN(C(=O)C2CCCO2)CC1.I. The number of ether oxygens (including phenoxy) is 2. The Bertz CT molecular complexity index is 486. The molecule has 3 aliphatic rings. The van der Waals surface area contributed by atoms with E-state index in [1.807, 2.05) is 11.9 Å². The summed E-state index contributed by atoms with van der Waals surface area (Å²) in [6.45, 7) is 5.52. The Morgan fingerprint density at radius 2 is 1.79 bits per heavy atom. The number of amides is 1. The van der Waals surface area contributed by atoms with Gasteiger partial charge in [-0.2, -0.15) is 0 Å². The summed E-state index contributed by atoms with van der Waals surface area (Å²) in [5.74, 6) is 1.09. The molecule has 0 aromatic rings. The second kappa shape index (κ2) is 12.8. The van der Waals surface area contributed by atoms with Crippen molar-refractivity contribution in [1.29, 1.82) is 0 Å². The van der Waals surface area contributed by atoms with Crippen LogP contribution in [0.5, 0.6) is 0 Å². The number of rotatable bonds is 6. The smallest absolute Gasteiger partial charge is 0.251 e. The zero-order valence-corrected chi connectivity index (χ0v) is 19.6. The Kier molecular flexibility index (Phi) is 10.9. The topological polar surface area (TPSA) is 66.4 Å². The minimum absolute atomic E-state index is 0. The van der Waals surface area contributed by atoms with Crippen molar-refractivity contribution in [3.8, 4) is 0 Å². The van der Waals surface area contributed by atoms with E-state index >= 15 is 0 Å². The third-order valence-corrected chi connectivity index (χ3v) is 5.82. The Labute approximate surface area is 186 Å². The second-order valence-corrected chi connectivity index (χ2v) is 7.77. The van der Waals surface area contributed by atoms with Gasteiger partial charge in [0.1, 0.15) is 6.10 Å². The summed E-state index contributed by atoms with van der Waals surface area (Å²) < 4.78 is 11.5. The number of guanidine groups is 1. The van der Waals surface area contributed by atoms with E-state index in [-0.39, 0.29) is 36.0 Å². The lowest BCUT2D eigenvalue weighted by molar-refractivity contribution is -0.142. The van der Waals surface area contributed by atoms with E-state index in [4.69, 9.17) is 9.47 Å². The van der Waals surface area contributed by atoms with Crippen LogP contribution in [0.1, 0.15) is 51.4 Å². The van der Waals surface area contributed by atoms with Gasteiger partial charge < -0.3 is 24.6 Å². The summed E-state index contributed by atoms with van der Waals surface area (Å²) in [5, 5.41) is 3.44. The number of nitrogens with one attached hydrogen (secondary N) is 1. The van der Waals surface area contributed by atoms with Gasteiger partial charge in [-0.25, -0.2) is 0 Å². The lowest BCUT2D eigenvalue weighted by Crippen LogP contribution is -2.55. The van der Waals surface area contributed by atoms with Crippen molar-refractivity contribution in [2.45, 2.75) is 63.6 Å². The zero-order valence-electron chi connectivity index (χ0n) is 17.2. The van der Waals surface area contributed by atoms with Crippen molar-refractivity contribution in [2.24, 2.45) is 4.99 Å². The predicted octanol–water partition coefficient (Wildman–Crippen LogP) is 2.24. The summed E-state index contributed by atoms with van der Waals surface area (Å²) in [6, 6.07) is 0. The molecule has 0 spiro atoms. The highest BCUT2D eigenvalue weighted by molar-refractivity contribution is 14.0. The normalized spacial score (nSPS) is 24.2. The maximum atomic E-state index is 12.4. The van der Waals surface area contributed by atoms with Gasteiger partial charge in [-0.05, 0) is 32.1 Å². The minimum atomic E-state index is -0.210. The third-order valence-electron chi connectivity index (χ3n) is 5.82. The molecule has 0 aromatic heterocycles. The van der Waals surface area contributed by atoms with Crippen molar-refractivity contribution >= 4 is 35.8 Å². The molecule has 2 aliphatic heterocycles. The lowest BCUT2D eigenvalue weighted by Gasteiger charge is -2.37. The molecule has 8 heteroatoms. The van der Waals surface area contributed by atoms with E-state index in [2.05, 4.69) is 15.2 Å². The standard InChI is InChI=1S/C20H36N4O3.HI/c1-21-20(22-10-6-16-26-17-7-3-2-4-8-17)24-13-11-23(12-14-24)19(25)18-9-5-15-27-18;/h17-18H,2-16H2,1H3,(H,21,22);1H. The van der Waals surface area contributed by atoms with Crippen molar-refractivity contribution in [3.63, 3.8) is 0 Å². The van der Waals surface area contributed by atoms with Crippen molar-refractivity contribution in [2.75, 3.05) is 53.0 Å². The highest BCUT2D eigenvalue weighted by Crippen LogP contribution is 2.20. The number of hydrogen-bond donors (Lipinski definition) is 1. The summed E-state index contributed by atoms with van der Waals surface area (Å²) in [4.78, 5) is 21.0. The van der Waals surface area contributed by atoms with Gasteiger partial charge in [-0.3, -0.25) is 9.79 Å². The van der Waals surface area contributed by atoms with Gasteiger partial charge in [0.25, 0.3) is 5.91 Å². The summed E-state index contributed by atoms with van der Waals surface area (Å²) >= 11 is 0. The summed E-state index contributed by atoms with van der Waals surface area (Å²) in [7, 11) is 1.82. The highest BCUT2D eigenvalue weighted by Gasteiger charge is 2.30. The molecule has 3 rings (SSSR count). The van der Waals surface area contributed by atoms with Gasteiger partial charge in [0.15, 0.2) is 5.96 Å². The molecule has 1 aliphatic carbocycles. The first kappa shape index (κ1) is 23.7. The molecule has 2 saturated heterocycles. The predicted molar refractivity (Wildman–Crippen MR) is 121 cm³/mol. The molecule has 1 unspecified atom stereocenters. The maximum absolute atomic E-state index is 12.4. The van der Waals surface area contributed by atoms with Crippen LogP contribution in [0.15, 0.2) is 4.99 Å². The molecule has 2 heterocycles. The molecule has 0 aromatic carbocycles. The van der Waals surface area contributed by atoms with Crippen LogP contribution in [0, 0.1) is 0 Å². The quantitative estimate of drug-likeness (QED) is 0.258. The molecular formula is C20H37IN4O3. The number of halogens is 1. The Morgan fingerprint density at radius 1 is 1.07 bits per heavy atom. The first-order chi connectivity index (χ1) is 13.3. The molecule has 3 fully saturated rings. The number of nitrogens with zero attached hydrogens (tertiary/aromatic N) is 3. The number of hydrogen-bond acceptors (Lipinski definition) is 4. The molecule has 28 heavy (non-hydrogen) atoms. The molecule has 162 valence electrons. The fourth-order valence-electron chi connectivity index (χ4n) is 4.20. The van der Waals surface area contributed by atoms with E-state index in [0.29, 0.717) is 6.10 Å². The fourth-order valence-corrected chi connectivity index (χ4v) is 4.20. The molecular weight excluding hydrogens is 471 g/mol. The monoisotopic (exact) mass is 508 g/mol. The minimum Gasteiger partial charge on any atom is -0.378 e. The molecule has 1 saturated carbocycles. The van der Waals surface area contributed by atoms with Crippen LogP contribution in [0.3, 0.4) is 0 Å². The first-order valence-electron chi connectivity index (χ1n) is 10.8. The Balaban J connectivity index is 0.00000280. The Hall–Kier alpha value is -0.610. The van der Waals surface area contributed by atoms with Crippen molar-refractivity contribution < 1.29 is 14.3 Å². The van der Waals surface area contributed by atoms with Gasteiger partial charge in [0.05, 0.1) is 6.10 Å². The van der Waals surface area contributed by atoms with Gasteiger partial charge in [0.2, 0.25) is 0 Å². The lowest BCUT2D eigenvalue weighted by atomic mass is 9.98. The number of aliphatic imine (C=N–C) groups is 1. The summed E-state index contributed by atoms with van der Waals surface area (Å²) in [6.07, 6.45) is 9.58. The molecule has 0 radical (unpaired) electrons. The van der Waals surface area contributed by atoms with Crippen LogP contribution in [0.25, 0.3) is 0 Å². The van der Waals surface area contributed by atoms with Crippen LogP contribution in [0.2, 0.25) is 0 Å². The molecule has 1 N–H and O–H groups in total. The fraction of sp³-hybridized carbons (Fsp3) is 0.900. The van der Waals surface area contributed by atoms with Crippen LogP contribution in [-0.2, 0) is 14.3 Å². The highest BCUT2D eigenvalue weighted by atomic mass is 127. The number of carbonyl (C=O) groups is 1. The van der Waals surface area contributed by atoms with Gasteiger partial charge in [-0.1, -0.05) is 19.3 Å². The molecule has 1 atom stereocenters. The third kappa shape index (κ3) is 7.02. The van der Waals surface area contributed by atoms with Crippen molar-refractivity contribution in [1.82, 2.24) is 15.1 Å². The van der Waals surface area contributed by atoms with Crippen LogP contribution in [-0.4, -0.2) is 86.9 Å². The number of piperazine rings is 1. The molecule has 7 nitrogen and oxygen atoms in total. The van der Waals surface area contributed by atoms with Gasteiger partial charge in [-0.15, -0.1) is 24.0 Å². The van der Waals surface area contributed by atoms with Crippen LogP contribution < -0.4 is 5.32 Å². The van der Waals surface area contributed by atoms with Gasteiger partial charge in [0, 0.05) is 53.0 Å². The number of carbonyl (C=O) groups excluding carboxylic acids is 1. The Morgan fingerprint density at radius 3 is 2.43 bits per heavy atom. The van der Waals surface area contributed by atoms with Crippen LogP contribution in [0.4, 0.5) is 0 Å². The maximum Gasteiger partial charge on any atom is 0.251 e.